The number of ether oxygens (including phenoxy) is 2. The van der Waals surface area contributed by atoms with Gasteiger partial charge in [0.05, 0.1) is 30.5 Å². The average molecular weight is 502 g/mol. The number of carbonyl (C=O) groups excluding carboxylic acids is 1. The van der Waals surface area contributed by atoms with Gasteiger partial charge in [0.15, 0.2) is 0 Å². The summed E-state index contributed by atoms with van der Waals surface area (Å²) in [4.78, 5) is 19.7. The number of aliphatic hydroxyl groups is 1. The molecule has 3 fully saturated rings. The van der Waals surface area contributed by atoms with Gasteiger partial charge in [-0.2, -0.15) is 0 Å². The fourth-order valence-electron chi connectivity index (χ4n) is 5.90. The van der Waals surface area contributed by atoms with Crippen LogP contribution in [0.25, 0.3) is 10.8 Å². The molecule has 0 spiro atoms. The van der Waals surface area contributed by atoms with E-state index in [9.17, 15) is 9.90 Å². The number of pyridine rings is 1. The molecular weight excluding hydrogens is 466 g/mol. The molecule has 1 aromatic carbocycles. The van der Waals surface area contributed by atoms with Crippen molar-refractivity contribution >= 4 is 34.1 Å². The van der Waals surface area contributed by atoms with E-state index in [1.807, 2.05) is 26.0 Å². The SMILES string of the molecule is CC1(C)CC(C(=O)Nc2cc3cc(C4CCN(C5(C)COCC5O)CC4)c(Cl)cc3cn2)CCO1. The first-order valence-electron chi connectivity index (χ1n) is 12.7. The Balaban J connectivity index is 1.29. The van der Waals surface area contributed by atoms with E-state index in [-0.39, 0.29) is 23.0 Å². The van der Waals surface area contributed by atoms with Gasteiger partial charge in [-0.05, 0) is 94.6 Å². The second-order valence-electron chi connectivity index (χ2n) is 11.2. The Kier molecular flexibility index (Phi) is 6.83. The maximum absolute atomic E-state index is 12.9. The highest BCUT2D eigenvalue weighted by Crippen LogP contribution is 2.39. The molecule has 0 bridgehead atoms. The molecule has 3 aliphatic rings. The highest BCUT2D eigenvalue weighted by atomic mass is 35.5. The number of nitrogens with zero attached hydrogens (tertiary/aromatic N) is 2. The van der Waals surface area contributed by atoms with Crippen molar-refractivity contribution in [2.45, 2.75) is 69.6 Å². The lowest BCUT2D eigenvalue weighted by Crippen LogP contribution is -2.56. The van der Waals surface area contributed by atoms with Gasteiger partial charge in [-0.15, -0.1) is 0 Å². The third-order valence-electron chi connectivity index (χ3n) is 8.20. The van der Waals surface area contributed by atoms with Crippen LogP contribution in [-0.4, -0.2) is 71.1 Å². The zero-order valence-electron chi connectivity index (χ0n) is 20.8. The minimum atomic E-state index is -0.448. The molecule has 2 N–H and O–H groups in total. The van der Waals surface area contributed by atoms with Gasteiger partial charge in [0, 0.05) is 29.1 Å². The Morgan fingerprint density at radius 1 is 1.17 bits per heavy atom. The number of anilines is 1. The number of benzene rings is 1. The number of aliphatic hydroxyl groups excluding tert-OH is 1. The lowest BCUT2D eigenvalue weighted by atomic mass is 9.85. The Labute approximate surface area is 212 Å². The fourth-order valence-corrected chi connectivity index (χ4v) is 6.23. The Hall–Kier alpha value is -1.77. The van der Waals surface area contributed by atoms with Crippen LogP contribution in [0.3, 0.4) is 0 Å². The van der Waals surface area contributed by atoms with E-state index in [1.165, 1.54) is 0 Å². The molecule has 3 aliphatic heterocycles. The second-order valence-corrected chi connectivity index (χ2v) is 11.6. The maximum Gasteiger partial charge on any atom is 0.228 e. The number of piperidine rings is 1. The predicted octanol–water partition coefficient (Wildman–Crippen LogP) is 4.36. The minimum absolute atomic E-state index is 0.00126. The van der Waals surface area contributed by atoms with Crippen molar-refractivity contribution in [3.05, 3.63) is 35.0 Å². The quantitative estimate of drug-likeness (QED) is 0.647. The first kappa shape index (κ1) is 24.9. The Bertz CT molecular complexity index is 1100. The smallest absolute Gasteiger partial charge is 0.228 e. The zero-order chi connectivity index (χ0) is 24.8. The van der Waals surface area contributed by atoms with E-state index in [0.717, 1.165) is 53.7 Å². The van der Waals surface area contributed by atoms with Gasteiger partial charge in [-0.1, -0.05) is 11.6 Å². The topological polar surface area (TPSA) is 83.9 Å². The molecule has 7 nitrogen and oxygen atoms in total. The van der Waals surface area contributed by atoms with Crippen molar-refractivity contribution in [2.24, 2.45) is 5.92 Å². The molecule has 2 aromatic rings. The van der Waals surface area contributed by atoms with E-state index >= 15 is 0 Å². The summed E-state index contributed by atoms with van der Waals surface area (Å²) in [7, 11) is 0. The van der Waals surface area contributed by atoms with Crippen LogP contribution in [0, 0.1) is 5.92 Å². The molecule has 3 atom stereocenters. The number of likely N-dealkylation sites (tertiary alicyclic amines) is 1. The largest absolute Gasteiger partial charge is 0.389 e. The van der Waals surface area contributed by atoms with Crippen LogP contribution < -0.4 is 5.32 Å². The summed E-state index contributed by atoms with van der Waals surface area (Å²) < 4.78 is 11.3. The Morgan fingerprint density at radius 2 is 1.94 bits per heavy atom. The monoisotopic (exact) mass is 501 g/mol. The van der Waals surface area contributed by atoms with Gasteiger partial charge in [-0.25, -0.2) is 4.98 Å². The molecule has 0 radical (unpaired) electrons. The number of nitrogens with one attached hydrogen (secondary N) is 1. The highest BCUT2D eigenvalue weighted by molar-refractivity contribution is 6.32. The lowest BCUT2D eigenvalue weighted by molar-refractivity contribution is -0.130. The van der Waals surface area contributed by atoms with Crippen molar-refractivity contribution in [3.63, 3.8) is 0 Å². The second kappa shape index (κ2) is 9.60. The third kappa shape index (κ3) is 5.07. The number of hydrogen-bond donors (Lipinski definition) is 2. The first-order chi connectivity index (χ1) is 16.6. The van der Waals surface area contributed by atoms with E-state index in [2.05, 4.69) is 28.2 Å². The molecule has 1 aromatic heterocycles. The summed E-state index contributed by atoms with van der Waals surface area (Å²) in [5.74, 6) is 0.842. The van der Waals surface area contributed by atoms with Crippen LogP contribution >= 0.6 is 11.6 Å². The van der Waals surface area contributed by atoms with Crippen molar-refractivity contribution in [3.8, 4) is 0 Å². The molecule has 0 aliphatic carbocycles. The lowest BCUT2D eigenvalue weighted by Gasteiger charge is -2.43. The zero-order valence-corrected chi connectivity index (χ0v) is 21.6. The molecule has 5 rings (SSSR count). The molecular formula is C27H36ClN3O4. The minimum Gasteiger partial charge on any atom is -0.389 e. The average Bonchev–Trinajstić information content (AvgIpc) is 3.17. The Morgan fingerprint density at radius 3 is 2.63 bits per heavy atom. The maximum atomic E-state index is 12.9. The summed E-state index contributed by atoms with van der Waals surface area (Å²) >= 11 is 6.72. The molecule has 8 heteroatoms. The van der Waals surface area contributed by atoms with Crippen LogP contribution in [0.4, 0.5) is 5.82 Å². The van der Waals surface area contributed by atoms with Crippen LogP contribution in [0.2, 0.25) is 5.02 Å². The summed E-state index contributed by atoms with van der Waals surface area (Å²) in [6.07, 6.45) is 4.70. The van der Waals surface area contributed by atoms with Crippen LogP contribution in [0.5, 0.6) is 0 Å². The molecule has 3 saturated heterocycles. The van der Waals surface area contributed by atoms with Crippen LogP contribution in [-0.2, 0) is 14.3 Å². The van der Waals surface area contributed by atoms with E-state index in [0.29, 0.717) is 38.0 Å². The van der Waals surface area contributed by atoms with Gasteiger partial charge in [-0.3, -0.25) is 9.69 Å². The summed E-state index contributed by atoms with van der Waals surface area (Å²) in [6.45, 7) is 9.53. The van der Waals surface area contributed by atoms with E-state index in [1.54, 1.807) is 6.20 Å². The molecule has 1 amide bonds. The van der Waals surface area contributed by atoms with Crippen molar-refractivity contribution in [1.82, 2.24) is 9.88 Å². The van der Waals surface area contributed by atoms with Gasteiger partial charge in [0.25, 0.3) is 0 Å². The predicted molar refractivity (Wildman–Crippen MR) is 137 cm³/mol. The number of hydrogen-bond acceptors (Lipinski definition) is 6. The first-order valence-corrected chi connectivity index (χ1v) is 13.1. The summed E-state index contributed by atoms with van der Waals surface area (Å²) in [5, 5.41) is 16.2. The summed E-state index contributed by atoms with van der Waals surface area (Å²) in [6, 6.07) is 6.08. The number of carbonyl (C=O) groups is 1. The fraction of sp³-hybridized carbons (Fsp3) is 0.630. The van der Waals surface area contributed by atoms with Crippen molar-refractivity contribution < 1.29 is 19.4 Å². The van der Waals surface area contributed by atoms with Crippen LogP contribution in [0.1, 0.15) is 57.9 Å². The number of halogens is 1. The van der Waals surface area contributed by atoms with Gasteiger partial charge < -0.3 is 19.9 Å². The summed E-state index contributed by atoms with van der Waals surface area (Å²) in [5.41, 5.74) is 0.552. The molecule has 190 valence electrons. The normalized spacial score (nSPS) is 30.0. The van der Waals surface area contributed by atoms with E-state index < -0.39 is 6.10 Å². The van der Waals surface area contributed by atoms with Crippen LogP contribution in [0.15, 0.2) is 24.4 Å². The third-order valence-corrected chi connectivity index (χ3v) is 8.53. The van der Waals surface area contributed by atoms with E-state index in [4.69, 9.17) is 21.1 Å². The number of fused-ring (bicyclic) bond motifs is 1. The van der Waals surface area contributed by atoms with Crippen molar-refractivity contribution in [2.75, 3.05) is 38.2 Å². The number of rotatable bonds is 4. The van der Waals surface area contributed by atoms with Gasteiger partial charge >= 0.3 is 0 Å². The van der Waals surface area contributed by atoms with Gasteiger partial charge in [0.2, 0.25) is 5.91 Å². The van der Waals surface area contributed by atoms with Gasteiger partial charge in [0.1, 0.15) is 5.82 Å². The number of amides is 1. The molecule has 0 saturated carbocycles. The highest BCUT2D eigenvalue weighted by Gasteiger charge is 2.45. The van der Waals surface area contributed by atoms with Crippen molar-refractivity contribution in [1.29, 1.82) is 0 Å². The molecule has 3 unspecified atom stereocenters. The molecule has 35 heavy (non-hydrogen) atoms. The molecule has 4 heterocycles. The standard InChI is InChI=1S/C27H36ClN3O4/c1-26(2)13-18(6-9-35-26)25(33)30-24-12-19-10-21(22(28)11-20(19)14-29-24)17-4-7-31(8-5-17)27(3)16-34-15-23(27)32/h10-12,14,17-18,23,32H,4-9,13,15-16H2,1-3H3,(H,29,30,33). The number of aromatic nitrogens is 1.